The van der Waals surface area contributed by atoms with Crippen molar-refractivity contribution in [3.63, 3.8) is 0 Å². The fourth-order valence-electron chi connectivity index (χ4n) is 3.11. The summed E-state index contributed by atoms with van der Waals surface area (Å²) in [5.74, 6) is 0.768. The molecule has 128 valence electrons. The molecule has 2 fully saturated rings. The quantitative estimate of drug-likeness (QED) is 0.751. The van der Waals surface area contributed by atoms with Crippen molar-refractivity contribution in [2.75, 3.05) is 23.8 Å². The van der Waals surface area contributed by atoms with Crippen LogP contribution in [-0.4, -0.2) is 59.3 Å². The molecule has 7 nitrogen and oxygen atoms in total. The van der Waals surface area contributed by atoms with Crippen LogP contribution < -0.4 is 0 Å². The summed E-state index contributed by atoms with van der Waals surface area (Å²) in [6.45, 7) is 2.89. The molecule has 2 aliphatic rings. The molecule has 2 atom stereocenters. The number of likely N-dealkylation sites (tertiary alicyclic amines) is 1. The molecule has 2 saturated heterocycles. The van der Waals surface area contributed by atoms with Gasteiger partial charge in [-0.3, -0.25) is 4.79 Å². The van der Waals surface area contributed by atoms with E-state index in [1.165, 1.54) is 18.2 Å². The van der Waals surface area contributed by atoms with Crippen molar-refractivity contribution in [3.8, 4) is 0 Å². The lowest BCUT2D eigenvalue weighted by atomic mass is 10.0. The van der Waals surface area contributed by atoms with Crippen molar-refractivity contribution in [3.05, 3.63) is 5.89 Å². The van der Waals surface area contributed by atoms with Crippen molar-refractivity contribution in [1.82, 2.24) is 15.1 Å². The highest BCUT2D eigenvalue weighted by Crippen LogP contribution is 2.30. The molecular weight excluding hydrogens is 338 g/mol. The summed E-state index contributed by atoms with van der Waals surface area (Å²) < 4.78 is 28.5. The molecule has 1 aromatic rings. The van der Waals surface area contributed by atoms with Crippen LogP contribution in [0.5, 0.6) is 0 Å². The average Bonchev–Trinajstić information content (AvgIpc) is 3.11. The predicted molar refractivity (Wildman–Crippen MR) is 86.1 cm³/mol. The summed E-state index contributed by atoms with van der Waals surface area (Å²) >= 11 is 1.22. The van der Waals surface area contributed by atoms with Crippen molar-refractivity contribution >= 4 is 27.5 Å². The Kier molecular flexibility index (Phi) is 4.96. The van der Waals surface area contributed by atoms with Gasteiger partial charge >= 0.3 is 0 Å². The molecule has 1 amide bonds. The molecule has 0 radical (unpaired) electrons. The van der Waals surface area contributed by atoms with E-state index in [2.05, 4.69) is 17.1 Å². The molecule has 0 aromatic carbocycles. The largest absolute Gasteiger partial charge is 0.416 e. The molecule has 3 heterocycles. The van der Waals surface area contributed by atoms with Crippen LogP contribution in [0.1, 0.15) is 44.4 Å². The van der Waals surface area contributed by atoms with E-state index in [4.69, 9.17) is 4.42 Å². The highest BCUT2D eigenvalue weighted by molar-refractivity contribution is 7.99. The minimum Gasteiger partial charge on any atom is -0.416 e. The highest BCUT2D eigenvalue weighted by atomic mass is 32.2. The number of hydrogen-bond donors (Lipinski definition) is 0. The second kappa shape index (κ2) is 6.80. The fraction of sp³-hybridized carbons (Fsp3) is 0.786. The van der Waals surface area contributed by atoms with Gasteiger partial charge in [0.15, 0.2) is 9.84 Å². The molecule has 9 heteroatoms. The molecule has 2 aliphatic heterocycles. The van der Waals surface area contributed by atoms with Gasteiger partial charge in [0.1, 0.15) is 0 Å². The first kappa shape index (κ1) is 16.8. The summed E-state index contributed by atoms with van der Waals surface area (Å²) in [4.78, 5) is 14.2. The number of carbonyl (C=O) groups is 1. The van der Waals surface area contributed by atoms with Gasteiger partial charge in [-0.2, -0.15) is 0 Å². The van der Waals surface area contributed by atoms with Crippen molar-refractivity contribution in [2.45, 2.75) is 49.8 Å². The molecule has 0 unspecified atom stereocenters. The Morgan fingerprint density at radius 2 is 2.17 bits per heavy atom. The summed E-state index contributed by atoms with van der Waals surface area (Å²) in [6, 6.07) is 0.291. The lowest BCUT2D eigenvalue weighted by Gasteiger charge is -2.33. The number of amides is 1. The third kappa shape index (κ3) is 4.06. The van der Waals surface area contributed by atoms with Crippen LogP contribution >= 0.6 is 11.8 Å². The van der Waals surface area contributed by atoms with Gasteiger partial charge in [0.05, 0.1) is 23.2 Å². The first-order chi connectivity index (χ1) is 10.9. The second-order valence-corrected chi connectivity index (χ2v) is 9.38. The first-order valence-electron chi connectivity index (χ1n) is 7.91. The maximum Gasteiger partial charge on any atom is 0.277 e. The number of nitrogens with zero attached hydrogens (tertiary/aromatic N) is 3. The lowest BCUT2D eigenvalue weighted by Crippen LogP contribution is -2.42. The van der Waals surface area contributed by atoms with Crippen LogP contribution in [0.4, 0.5) is 0 Å². The Morgan fingerprint density at radius 1 is 1.35 bits per heavy atom. The smallest absolute Gasteiger partial charge is 0.277 e. The summed E-state index contributed by atoms with van der Waals surface area (Å²) in [6.07, 6.45) is 3.81. The molecule has 0 aliphatic carbocycles. The van der Waals surface area contributed by atoms with E-state index in [9.17, 15) is 13.2 Å². The topological polar surface area (TPSA) is 93.4 Å². The number of thioether (sulfide) groups is 1. The molecule has 3 rings (SSSR count). The van der Waals surface area contributed by atoms with Gasteiger partial charge in [0.25, 0.3) is 5.22 Å². The van der Waals surface area contributed by atoms with Gasteiger partial charge in [0, 0.05) is 12.6 Å². The van der Waals surface area contributed by atoms with Crippen molar-refractivity contribution in [2.24, 2.45) is 0 Å². The van der Waals surface area contributed by atoms with Crippen LogP contribution in [0.15, 0.2) is 9.64 Å². The standard InChI is InChI=1S/C14H21N3O4S2/c1-10-4-2-3-6-17(10)12(18)8-22-14-16-15-13(21-14)11-5-7-23(19,20)9-11/h10-11H,2-9H2,1H3/t10-,11+/m0/s1. The Balaban J connectivity index is 1.54. The highest BCUT2D eigenvalue weighted by Gasteiger charge is 2.33. The minimum absolute atomic E-state index is 0.0729. The lowest BCUT2D eigenvalue weighted by molar-refractivity contribution is -0.131. The number of sulfone groups is 1. The normalized spacial score (nSPS) is 27.3. The molecule has 0 bridgehead atoms. The number of aromatic nitrogens is 2. The molecule has 0 N–H and O–H groups in total. The second-order valence-electron chi connectivity index (χ2n) is 6.23. The number of rotatable bonds is 4. The van der Waals surface area contributed by atoms with E-state index < -0.39 is 9.84 Å². The summed E-state index contributed by atoms with van der Waals surface area (Å²) in [7, 11) is -2.98. The van der Waals surface area contributed by atoms with E-state index >= 15 is 0 Å². The van der Waals surface area contributed by atoms with Gasteiger partial charge in [-0.15, -0.1) is 10.2 Å². The van der Waals surface area contributed by atoms with E-state index in [0.717, 1.165) is 19.4 Å². The van der Waals surface area contributed by atoms with Crippen LogP contribution in [0.2, 0.25) is 0 Å². The molecule has 1 aromatic heterocycles. The van der Waals surface area contributed by atoms with Crippen LogP contribution in [-0.2, 0) is 14.6 Å². The third-order valence-corrected chi connectivity index (χ3v) is 7.02. The zero-order valence-corrected chi connectivity index (χ0v) is 14.7. The van der Waals surface area contributed by atoms with Gasteiger partial charge in [-0.05, 0) is 32.6 Å². The van der Waals surface area contributed by atoms with Crippen molar-refractivity contribution in [1.29, 1.82) is 0 Å². The monoisotopic (exact) mass is 359 g/mol. The zero-order chi connectivity index (χ0) is 16.4. The number of piperidine rings is 1. The SMILES string of the molecule is C[C@H]1CCCCN1C(=O)CSc1nnc([C@@H]2CCS(=O)(=O)C2)o1. The van der Waals surface area contributed by atoms with Crippen molar-refractivity contribution < 1.29 is 17.6 Å². The van der Waals surface area contributed by atoms with E-state index in [-0.39, 0.29) is 29.1 Å². The Labute approximate surface area is 140 Å². The fourth-order valence-corrected chi connectivity index (χ4v) is 5.50. The first-order valence-corrected chi connectivity index (χ1v) is 10.7. The number of hydrogen-bond acceptors (Lipinski definition) is 7. The van der Waals surface area contributed by atoms with E-state index in [1.54, 1.807) is 0 Å². The van der Waals surface area contributed by atoms with Crippen LogP contribution in [0.25, 0.3) is 0 Å². The molecule has 23 heavy (non-hydrogen) atoms. The predicted octanol–water partition coefficient (Wildman–Crippen LogP) is 1.46. The minimum atomic E-state index is -2.98. The Hall–Kier alpha value is -1.09. The average molecular weight is 359 g/mol. The maximum absolute atomic E-state index is 12.3. The van der Waals surface area contributed by atoms with Gasteiger partial charge in [0.2, 0.25) is 11.8 Å². The Bertz CT molecular complexity index is 673. The maximum atomic E-state index is 12.3. The van der Waals surface area contributed by atoms with E-state index in [0.29, 0.717) is 23.6 Å². The molecular formula is C14H21N3O4S2. The van der Waals surface area contributed by atoms with Gasteiger partial charge < -0.3 is 9.32 Å². The zero-order valence-electron chi connectivity index (χ0n) is 13.1. The van der Waals surface area contributed by atoms with Crippen LogP contribution in [0, 0.1) is 0 Å². The van der Waals surface area contributed by atoms with E-state index in [1.807, 2.05) is 4.90 Å². The third-order valence-electron chi connectivity index (χ3n) is 4.45. The van der Waals surface area contributed by atoms with Crippen LogP contribution in [0.3, 0.4) is 0 Å². The van der Waals surface area contributed by atoms with Gasteiger partial charge in [-0.1, -0.05) is 11.8 Å². The molecule has 0 spiro atoms. The van der Waals surface area contributed by atoms with Gasteiger partial charge in [-0.25, -0.2) is 8.42 Å². The molecule has 0 saturated carbocycles. The number of carbonyl (C=O) groups excluding carboxylic acids is 1. The Morgan fingerprint density at radius 3 is 2.87 bits per heavy atom. The summed E-state index contributed by atoms with van der Waals surface area (Å²) in [5.41, 5.74) is 0. The summed E-state index contributed by atoms with van der Waals surface area (Å²) in [5, 5.41) is 8.20.